The molecule has 0 unspecified atom stereocenters. The van der Waals surface area contributed by atoms with Crippen LogP contribution in [0.5, 0.6) is 5.75 Å². The van der Waals surface area contributed by atoms with Crippen LogP contribution in [0.4, 0.5) is 0 Å². The Balaban J connectivity index is 1.62. The zero-order valence-electron chi connectivity index (χ0n) is 14.1. The molecular formula is C18H22ClN2O3S+. The molecule has 1 aliphatic heterocycles. The lowest BCUT2D eigenvalue weighted by Gasteiger charge is -2.31. The number of benzene rings is 2. The summed E-state index contributed by atoms with van der Waals surface area (Å²) in [5.41, 5.74) is 1.20. The minimum Gasteiger partial charge on any atom is -0.497 e. The standard InChI is InChI=1S/C18H21ClN2O3S/c1-24-17-4-2-3-15(13-17)14-20-9-11-21(12-10-20)25(22,23)18-7-5-16(19)6-8-18/h2-8,13H,9-12,14H2,1H3/p+1. The third-order valence-electron chi connectivity index (χ3n) is 4.47. The largest absolute Gasteiger partial charge is 0.497 e. The van der Waals surface area contributed by atoms with E-state index in [1.165, 1.54) is 10.5 Å². The lowest BCUT2D eigenvalue weighted by molar-refractivity contribution is -0.917. The van der Waals surface area contributed by atoms with Gasteiger partial charge in [-0.05, 0) is 36.4 Å². The summed E-state index contributed by atoms with van der Waals surface area (Å²) in [7, 11) is -1.79. The van der Waals surface area contributed by atoms with Gasteiger partial charge in [-0.1, -0.05) is 23.7 Å². The number of quaternary nitrogens is 1. The molecule has 0 aliphatic carbocycles. The Labute approximate surface area is 153 Å². The smallest absolute Gasteiger partial charge is 0.243 e. The molecule has 0 radical (unpaired) electrons. The van der Waals surface area contributed by atoms with Crippen LogP contribution in [0.25, 0.3) is 0 Å². The van der Waals surface area contributed by atoms with Crippen LogP contribution in [0.2, 0.25) is 5.02 Å². The van der Waals surface area contributed by atoms with E-state index >= 15 is 0 Å². The topological polar surface area (TPSA) is 51.1 Å². The Bertz CT molecular complexity index is 816. The lowest BCUT2D eigenvalue weighted by atomic mass is 10.2. The van der Waals surface area contributed by atoms with E-state index in [0.717, 1.165) is 25.4 Å². The molecule has 0 atom stereocenters. The third-order valence-corrected chi connectivity index (χ3v) is 6.63. The number of nitrogens with zero attached hydrogens (tertiary/aromatic N) is 1. The Morgan fingerprint density at radius 1 is 1.12 bits per heavy atom. The zero-order chi connectivity index (χ0) is 17.9. The van der Waals surface area contributed by atoms with Gasteiger partial charge >= 0.3 is 0 Å². The molecule has 2 aromatic carbocycles. The number of rotatable bonds is 5. The molecule has 0 saturated carbocycles. The van der Waals surface area contributed by atoms with E-state index in [1.807, 2.05) is 18.2 Å². The summed E-state index contributed by atoms with van der Waals surface area (Å²) < 4.78 is 32.2. The Kier molecular flexibility index (Phi) is 5.64. The first-order chi connectivity index (χ1) is 12.0. The van der Waals surface area contributed by atoms with E-state index in [-0.39, 0.29) is 0 Å². The number of methoxy groups -OCH3 is 1. The highest BCUT2D eigenvalue weighted by molar-refractivity contribution is 7.89. The van der Waals surface area contributed by atoms with Gasteiger partial charge in [0.15, 0.2) is 0 Å². The van der Waals surface area contributed by atoms with Crippen molar-refractivity contribution in [3.8, 4) is 5.75 Å². The molecule has 1 aliphatic rings. The first-order valence-electron chi connectivity index (χ1n) is 8.21. The van der Waals surface area contributed by atoms with Gasteiger partial charge < -0.3 is 9.64 Å². The molecule has 134 valence electrons. The SMILES string of the molecule is COc1cccc(C[NH+]2CCN(S(=O)(=O)c3ccc(Cl)cc3)CC2)c1. The second-order valence-corrected chi connectivity index (χ2v) is 8.51. The van der Waals surface area contributed by atoms with Gasteiger partial charge in [-0.2, -0.15) is 4.31 Å². The van der Waals surface area contributed by atoms with E-state index in [9.17, 15) is 8.42 Å². The van der Waals surface area contributed by atoms with E-state index in [2.05, 4.69) is 6.07 Å². The molecule has 0 aromatic heterocycles. The fraction of sp³-hybridized carbons (Fsp3) is 0.333. The van der Waals surface area contributed by atoms with Crippen LogP contribution in [0.1, 0.15) is 5.56 Å². The molecule has 0 bridgehead atoms. The lowest BCUT2D eigenvalue weighted by Crippen LogP contribution is -3.13. The predicted molar refractivity (Wildman–Crippen MR) is 97.6 cm³/mol. The van der Waals surface area contributed by atoms with Crippen molar-refractivity contribution in [2.75, 3.05) is 33.3 Å². The summed E-state index contributed by atoms with van der Waals surface area (Å²) in [5.74, 6) is 0.848. The Morgan fingerprint density at radius 3 is 2.44 bits per heavy atom. The molecule has 5 nitrogen and oxygen atoms in total. The van der Waals surface area contributed by atoms with Crippen molar-refractivity contribution in [1.29, 1.82) is 0 Å². The van der Waals surface area contributed by atoms with Crippen molar-refractivity contribution in [2.24, 2.45) is 0 Å². The molecule has 0 spiro atoms. The second kappa shape index (κ2) is 7.74. The van der Waals surface area contributed by atoms with Crippen molar-refractivity contribution in [2.45, 2.75) is 11.4 Å². The van der Waals surface area contributed by atoms with Crippen LogP contribution in [0, 0.1) is 0 Å². The average Bonchev–Trinajstić information content (AvgIpc) is 2.63. The van der Waals surface area contributed by atoms with E-state index in [1.54, 1.807) is 35.7 Å². The van der Waals surface area contributed by atoms with Crippen molar-refractivity contribution in [3.63, 3.8) is 0 Å². The molecular weight excluding hydrogens is 360 g/mol. The van der Waals surface area contributed by atoms with Gasteiger partial charge in [0.05, 0.1) is 38.2 Å². The molecule has 1 N–H and O–H groups in total. The van der Waals surface area contributed by atoms with Crippen molar-refractivity contribution in [3.05, 3.63) is 59.1 Å². The van der Waals surface area contributed by atoms with E-state index in [0.29, 0.717) is 23.0 Å². The van der Waals surface area contributed by atoms with Crippen molar-refractivity contribution >= 4 is 21.6 Å². The minimum atomic E-state index is -3.44. The van der Waals surface area contributed by atoms with Gasteiger partial charge in [0.25, 0.3) is 0 Å². The van der Waals surface area contributed by atoms with E-state index < -0.39 is 10.0 Å². The normalized spacial score (nSPS) is 16.7. The van der Waals surface area contributed by atoms with Gasteiger partial charge in [0.2, 0.25) is 10.0 Å². The van der Waals surface area contributed by atoms with Crippen LogP contribution >= 0.6 is 11.6 Å². The fourth-order valence-electron chi connectivity index (χ4n) is 3.05. The molecule has 25 heavy (non-hydrogen) atoms. The average molecular weight is 382 g/mol. The van der Waals surface area contributed by atoms with Gasteiger partial charge in [-0.3, -0.25) is 0 Å². The zero-order valence-corrected chi connectivity index (χ0v) is 15.7. The molecule has 0 amide bonds. The first-order valence-corrected chi connectivity index (χ1v) is 10.0. The summed E-state index contributed by atoms with van der Waals surface area (Å²) in [5, 5.41) is 0.534. The summed E-state index contributed by atoms with van der Waals surface area (Å²) >= 11 is 5.84. The molecule has 1 heterocycles. The van der Waals surface area contributed by atoms with Gasteiger partial charge in [0, 0.05) is 10.6 Å². The predicted octanol–water partition coefficient (Wildman–Crippen LogP) is 1.44. The number of ether oxygens (including phenoxy) is 1. The van der Waals surface area contributed by atoms with Crippen LogP contribution in [0.3, 0.4) is 0 Å². The summed E-state index contributed by atoms with van der Waals surface area (Å²) in [4.78, 5) is 1.67. The van der Waals surface area contributed by atoms with Crippen LogP contribution in [-0.4, -0.2) is 46.0 Å². The van der Waals surface area contributed by atoms with Gasteiger partial charge in [-0.25, -0.2) is 8.42 Å². The third kappa shape index (κ3) is 4.33. The summed E-state index contributed by atoms with van der Waals surface area (Å²) in [6, 6.07) is 14.4. The fourth-order valence-corrected chi connectivity index (χ4v) is 4.61. The second-order valence-electron chi connectivity index (χ2n) is 6.14. The number of halogens is 1. The van der Waals surface area contributed by atoms with Gasteiger partial charge in [0.1, 0.15) is 12.3 Å². The van der Waals surface area contributed by atoms with Crippen molar-refractivity contribution < 1.29 is 18.1 Å². The van der Waals surface area contributed by atoms with Crippen LogP contribution < -0.4 is 9.64 Å². The summed E-state index contributed by atoms with van der Waals surface area (Å²) in [6.45, 7) is 3.47. The number of hydrogen-bond acceptors (Lipinski definition) is 3. The molecule has 3 rings (SSSR count). The Morgan fingerprint density at radius 2 is 1.80 bits per heavy atom. The van der Waals surface area contributed by atoms with Crippen molar-refractivity contribution in [1.82, 2.24) is 4.31 Å². The Hall–Kier alpha value is -1.60. The molecule has 2 aromatic rings. The molecule has 1 saturated heterocycles. The minimum absolute atomic E-state index is 0.299. The van der Waals surface area contributed by atoms with Gasteiger partial charge in [-0.15, -0.1) is 0 Å². The number of piperazine rings is 1. The molecule has 1 fully saturated rings. The highest BCUT2D eigenvalue weighted by Crippen LogP contribution is 2.18. The number of hydrogen-bond donors (Lipinski definition) is 1. The van der Waals surface area contributed by atoms with Crippen LogP contribution in [0.15, 0.2) is 53.4 Å². The monoisotopic (exact) mass is 381 g/mol. The maximum atomic E-state index is 12.7. The first kappa shape index (κ1) is 18.2. The quantitative estimate of drug-likeness (QED) is 0.852. The summed E-state index contributed by atoms with van der Waals surface area (Å²) in [6.07, 6.45) is 0. The molecule has 7 heteroatoms. The van der Waals surface area contributed by atoms with E-state index in [4.69, 9.17) is 16.3 Å². The highest BCUT2D eigenvalue weighted by atomic mass is 35.5. The maximum Gasteiger partial charge on any atom is 0.243 e. The highest BCUT2D eigenvalue weighted by Gasteiger charge is 2.30. The number of sulfonamides is 1. The maximum absolute atomic E-state index is 12.7. The van der Waals surface area contributed by atoms with Crippen LogP contribution in [-0.2, 0) is 16.6 Å². The number of nitrogens with one attached hydrogen (secondary N) is 1.